The number of thioether (sulfide) groups is 1. The van der Waals surface area contributed by atoms with E-state index in [-0.39, 0.29) is 17.5 Å². The van der Waals surface area contributed by atoms with Crippen LogP contribution in [0.1, 0.15) is 15.9 Å². The largest absolute Gasteiger partial charge is 0.378 e. The van der Waals surface area contributed by atoms with Crippen LogP contribution in [0.25, 0.3) is 4.91 Å². The van der Waals surface area contributed by atoms with Crippen LogP contribution in [0.3, 0.4) is 0 Å². The molecule has 1 aliphatic heterocycles. The van der Waals surface area contributed by atoms with Crippen molar-refractivity contribution in [2.75, 3.05) is 26.3 Å². The highest BCUT2D eigenvalue weighted by Gasteiger charge is 2.27. The summed E-state index contributed by atoms with van der Waals surface area (Å²) in [5.74, 6) is -0.572. The normalized spacial score (nSPS) is 14.4. The number of carbonyl (C=O) groups is 2. The Kier molecular flexibility index (Phi) is 7.32. The van der Waals surface area contributed by atoms with Crippen LogP contribution in [0, 0.1) is 0 Å². The summed E-state index contributed by atoms with van der Waals surface area (Å²) >= 11 is 1.35. The molecule has 0 aliphatic carbocycles. The number of ether oxygens (including phenoxy) is 1. The second-order valence-electron chi connectivity index (χ2n) is 7.06. The zero-order valence-corrected chi connectivity index (χ0v) is 18.3. The average Bonchev–Trinajstić information content (AvgIpc) is 2.88. The SMILES string of the molecule is O=C(N/C(C(=O)N1CCOCC1)=C(\Sc1ccccn1)c1ccccc1)c1ccccc1. The lowest BCUT2D eigenvalue weighted by atomic mass is 10.1. The minimum absolute atomic E-state index is 0.236. The van der Waals surface area contributed by atoms with E-state index in [1.165, 1.54) is 11.8 Å². The Hall–Kier alpha value is -3.42. The number of hydrogen-bond acceptors (Lipinski definition) is 5. The third-order valence-corrected chi connectivity index (χ3v) is 5.99. The Morgan fingerprint density at radius 2 is 1.47 bits per heavy atom. The van der Waals surface area contributed by atoms with Gasteiger partial charge in [0, 0.05) is 24.8 Å². The van der Waals surface area contributed by atoms with Gasteiger partial charge in [0.1, 0.15) is 10.7 Å². The number of nitrogens with zero attached hydrogens (tertiary/aromatic N) is 2. The summed E-state index contributed by atoms with van der Waals surface area (Å²) in [6, 6.07) is 24.1. The van der Waals surface area contributed by atoms with Gasteiger partial charge in [-0.05, 0) is 29.8 Å². The van der Waals surface area contributed by atoms with Crippen LogP contribution in [0.4, 0.5) is 0 Å². The Labute approximate surface area is 191 Å². The number of nitrogens with one attached hydrogen (secondary N) is 1. The predicted octanol–water partition coefficient (Wildman–Crippen LogP) is 3.83. The summed E-state index contributed by atoms with van der Waals surface area (Å²) in [5.41, 5.74) is 1.55. The molecule has 2 aromatic carbocycles. The van der Waals surface area contributed by atoms with Crippen molar-refractivity contribution >= 4 is 28.5 Å². The molecule has 1 fully saturated rings. The highest BCUT2D eigenvalue weighted by molar-refractivity contribution is 8.08. The number of rotatable bonds is 6. The third-order valence-electron chi connectivity index (χ3n) is 4.89. The summed E-state index contributed by atoms with van der Waals surface area (Å²) in [5, 5.41) is 3.64. The highest BCUT2D eigenvalue weighted by atomic mass is 32.2. The fraction of sp³-hybridized carbons (Fsp3) is 0.160. The maximum atomic E-state index is 13.6. The van der Waals surface area contributed by atoms with Crippen molar-refractivity contribution in [1.29, 1.82) is 0 Å². The topological polar surface area (TPSA) is 71.5 Å². The van der Waals surface area contributed by atoms with E-state index >= 15 is 0 Å². The molecule has 3 aromatic rings. The molecule has 0 bridgehead atoms. The van der Waals surface area contributed by atoms with Gasteiger partial charge < -0.3 is 15.0 Å². The second kappa shape index (κ2) is 10.7. The van der Waals surface area contributed by atoms with Crippen molar-refractivity contribution in [2.45, 2.75) is 5.03 Å². The Morgan fingerprint density at radius 1 is 0.844 bits per heavy atom. The molecule has 32 heavy (non-hydrogen) atoms. The molecule has 7 heteroatoms. The molecule has 1 aliphatic rings. The number of pyridine rings is 1. The van der Waals surface area contributed by atoms with E-state index in [1.54, 1.807) is 35.4 Å². The minimum Gasteiger partial charge on any atom is -0.378 e. The molecule has 162 valence electrons. The maximum Gasteiger partial charge on any atom is 0.271 e. The van der Waals surface area contributed by atoms with Crippen molar-refractivity contribution < 1.29 is 14.3 Å². The van der Waals surface area contributed by atoms with Gasteiger partial charge in [-0.1, -0.05) is 66.4 Å². The average molecular weight is 446 g/mol. The molecule has 0 atom stereocenters. The Morgan fingerprint density at radius 3 is 2.09 bits per heavy atom. The van der Waals surface area contributed by atoms with Crippen LogP contribution in [0.5, 0.6) is 0 Å². The molecule has 1 aromatic heterocycles. The van der Waals surface area contributed by atoms with E-state index in [2.05, 4.69) is 10.3 Å². The van der Waals surface area contributed by atoms with Gasteiger partial charge in [-0.2, -0.15) is 0 Å². The monoisotopic (exact) mass is 445 g/mol. The third kappa shape index (κ3) is 5.43. The number of morpholine rings is 1. The van der Waals surface area contributed by atoms with Gasteiger partial charge >= 0.3 is 0 Å². The first-order chi connectivity index (χ1) is 15.7. The first kappa shape index (κ1) is 21.8. The highest BCUT2D eigenvalue weighted by Crippen LogP contribution is 2.35. The fourth-order valence-electron chi connectivity index (χ4n) is 3.26. The van der Waals surface area contributed by atoms with Crippen molar-refractivity contribution in [3.8, 4) is 0 Å². The van der Waals surface area contributed by atoms with E-state index in [1.807, 2.05) is 54.6 Å². The van der Waals surface area contributed by atoms with Crippen molar-refractivity contribution in [3.63, 3.8) is 0 Å². The quantitative estimate of drug-likeness (QED) is 0.461. The molecule has 4 rings (SSSR count). The van der Waals surface area contributed by atoms with Gasteiger partial charge in [0.15, 0.2) is 0 Å². The molecule has 6 nitrogen and oxygen atoms in total. The van der Waals surface area contributed by atoms with E-state index in [0.717, 1.165) is 10.6 Å². The second-order valence-corrected chi connectivity index (χ2v) is 8.10. The standard InChI is InChI=1S/C25H23N3O3S/c29-24(20-11-5-2-6-12-20)27-22(25(30)28-15-17-31-18-16-28)23(19-9-3-1-4-10-19)32-21-13-7-8-14-26-21/h1-14H,15-18H2,(H,27,29)/b23-22-. The van der Waals surface area contributed by atoms with Crippen molar-refractivity contribution in [2.24, 2.45) is 0 Å². The number of amides is 2. The zero-order chi connectivity index (χ0) is 22.2. The van der Waals surface area contributed by atoms with Crippen LogP contribution in [0.2, 0.25) is 0 Å². The number of benzene rings is 2. The number of carbonyl (C=O) groups excluding carboxylic acids is 2. The first-order valence-corrected chi connectivity index (χ1v) is 11.2. The molecule has 2 amide bonds. The van der Waals surface area contributed by atoms with Gasteiger partial charge in [-0.3, -0.25) is 9.59 Å². The molecule has 1 N–H and O–H groups in total. The lowest BCUT2D eigenvalue weighted by Gasteiger charge is -2.29. The van der Waals surface area contributed by atoms with Crippen LogP contribution >= 0.6 is 11.8 Å². The van der Waals surface area contributed by atoms with E-state index in [4.69, 9.17) is 4.74 Å². The fourth-order valence-corrected chi connectivity index (χ4v) is 4.23. The smallest absolute Gasteiger partial charge is 0.271 e. The van der Waals surface area contributed by atoms with Gasteiger partial charge in [0.2, 0.25) is 0 Å². The van der Waals surface area contributed by atoms with E-state index < -0.39 is 0 Å². The molecule has 0 radical (unpaired) electrons. The summed E-state index contributed by atoms with van der Waals surface area (Å²) in [4.78, 5) is 33.5. The van der Waals surface area contributed by atoms with Crippen LogP contribution in [0.15, 0.2) is 95.8 Å². The lowest BCUT2D eigenvalue weighted by molar-refractivity contribution is -0.131. The Balaban J connectivity index is 1.79. The van der Waals surface area contributed by atoms with Crippen molar-refractivity contribution in [3.05, 3.63) is 102 Å². The van der Waals surface area contributed by atoms with Crippen LogP contribution < -0.4 is 5.32 Å². The van der Waals surface area contributed by atoms with Gasteiger partial charge in [-0.25, -0.2) is 4.98 Å². The summed E-state index contributed by atoms with van der Waals surface area (Å²) in [6.45, 7) is 1.89. The molecular formula is C25H23N3O3S. The first-order valence-electron chi connectivity index (χ1n) is 10.3. The Bertz CT molecular complexity index is 1080. The molecule has 0 unspecified atom stereocenters. The van der Waals surface area contributed by atoms with Gasteiger partial charge in [0.25, 0.3) is 11.8 Å². The van der Waals surface area contributed by atoms with Crippen molar-refractivity contribution in [1.82, 2.24) is 15.2 Å². The van der Waals surface area contributed by atoms with E-state index in [9.17, 15) is 9.59 Å². The molecule has 0 spiro atoms. The summed E-state index contributed by atoms with van der Waals surface area (Å²) in [6.07, 6.45) is 1.71. The molecular weight excluding hydrogens is 422 g/mol. The number of aromatic nitrogens is 1. The van der Waals surface area contributed by atoms with Crippen LogP contribution in [-0.2, 0) is 9.53 Å². The van der Waals surface area contributed by atoms with E-state index in [0.29, 0.717) is 36.8 Å². The van der Waals surface area contributed by atoms with Gasteiger partial charge in [0.05, 0.1) is 18.1 Å². The lowest BCUT2D eigenvalue weighted by Crippen LogP contribution is -2.44. The summed E-state index contributed by atoms with van der Waals surface area (Å²) < 4.78 is 5.41. The summed E-state index contributed by atoms with van der Waals surface area (Å²) in [7, 11) is 0. The molecule has 1 saturated heterocycles. The zero-order valence-electron chi connectivity index (χ0n) is 17.4. The predicted molar refractivity (Wildman–Crippen MR) is 125 cm³/mol. The van der Waals surface area contributed by atoms with Crippen LogP contribution in [-0.4, -0.2) is 48.0 Å². The molecule has 0 saturated carbocycles. The number of hydrogen-bond donors (Lipinski definition) is 1. The maximum absolute atomic E-state index is 13.6. The minimum atomic E-state index is -0.336. The molecule has 2 heterocycles. The van der Waals surface area contributed by atoms with Gasteiger partial charge in [-0.15, -0.1) is 0 Å².